The van der Waals surface area contributed by atoms with E-state index in [1.54, 1.807) is 18.0 Å². The molecule has 0 aliphatic carbocycles. The Bertz CT molecular complexity index is 620. The highest BCUT2D eigenvalue weighted by molar-refractivity contribution is 9.10. The number of halogens is 1. The van der Waals surface area contributed by atoms with Gasteiger partial charge in [0.2, 0.25) is 0 Å². The first-order chi connectivity index (χ1) is 9.54. The number of para-hydroxylation sites is 1. The summed E-state index contributed by atoms with van der Waals surface area (Å²) in [6.45, 7) is 4.00. The van der Waals surface area contributed by atoms with Crippen molar-refractivity contribution in [2.75, 3.05) is 7.11 Å². The van der Waals surface area contributed by atoms with Gasteiger partial charge in [-0.05, 0) is 35.8 Å². The third-order valence-electron chi connectivity index (χ3n) is 3.05. The Kier molecular flexibility index (Phi) is 4.60. The van der Waals surface area contributed by atoms with Gasteiger partial charge in [-0.2, -0.15) is 5.10 Å². The number of rotatable bonds is 5. The lowest BCUT2D eigenvalue weighted by atomic mass is 10.1. The van der Waals surface area contributed by atoms with Crippen molar-refractivity contribution in [3.63, 3.8) is 0 Å². The summed E-state index contributed by atoms with van der Waals surface area (Å²) >= 11 is 3.40. The summed E-state index contributed by atoms with van der Waals surface area (Å²) in [5.74, 6) is 0.750. The molecule has 0 bridgehead atoms. The van der Waals surface area contributed by atoms with Gasteiger partial charge in [0, 0.05) is 18.0 Å². The molecule has 0 fully saturated rings. The molecule has 106 valence electrons. The zero-order chi connectivity index (χ0) is 14.7. The first-order valence-electron chi connectivity index (χ1n) is 6.42. The van der Waals surface area contributed by atoms with Crippen molar-refractivity contribution in [3.8, 4) is 5.75 Å². The number of benzene rings is 1. The molecular formula is C15H17BrN2O2. The number of hydrogen-bond donors (Lipinski definition) is 0. The molecule has 0 saturated carbocycles. The zero-order valence-electron chi connectivity index (χ0n) is 11.8. The Hall–Kier alpha value is -1.62. The van der Waals surface area contributed by atoms with Crippen LogP contribution in [-0.2, 0) is 6.42 Å². The minimum absolute atomic E-state index is 0.0209. The highest BCUT2D eigenvalue weighted by Gasteiger charge is 2.20. The van der Waals surface area contributed by atoms with Gasteiger partial charge in [-0.3, -0.25) is 9.48 Å². The topological polar surface area (TPSA) is 44.1 Å². The Balaban J connectivity index is 2.31. The lowest BCUT2D eigenvalue weighted by molar-refractivity contribution is 0.0979. The van der Waals surface area contributed by atoms with E-state index in [0.29, 0.717) is 12.1 Å². The second-order valence-corrected chi connectivity index (χ2v) is 5.65. The smallest absolute Gasteiger partial charge is 0.186 e. The second kappa shape index (κ2) is 6.22. The van der Waals surface area contributed by atoms with E-state index in [1.165, 1.54) is 0 Å². The average Bonchev–Trinajstić information content (AvgIpc) is 2.81. The molecule has 0 amide bonds. The van der Waals surface area contributed by atoms with Gasteiger partial charge < -0.3 is 4.74 Å². The van der Waals surface area contributed by atoms with Crippen LogP contribution in [0.3, 0.4) is 0 Å². The van der Waals surface area contributed by atoms with E-state index < -0.39 is 0 Å². The predicted molar refractivity (Wildman–Crippen MR) is 81.3 cm³/mol. The van der Waals surface area contributed by atoms with Crippen LogP contribution in [0.25, 0.3) is 0 Å². The molecule has 4 nitrogen and oxygen atoms in total. The van der Waals surface area contributed by atoms with Gasteiger partial charge in [0.15, 0.2) is 5.78 Å². The number of nitrogens with zero attached hydrogens (tertiary/aromatic N) is 2. The lowest BCUT2D eigenvalue weighted by Crippen LogP contribution is -2.15. The van der Waals surface area contributed by atoms with E-state index in [4.69, 9.17) is 4.74 Å². The van der Waals surface area contributed by atoms with E-state index in [-0.39, 0.29) is 11.8 Å². The van der Waals surface area contributed by atoms with Crippen molar-refractivity contribution in [1.29, 1.82) is 0 Å². The van der Waals surface area contributed by atoms with Crippen molar-refractivity contribution in [1.82, 2.24) is 9.78 Å². The zero-order valence-corrected chi connectivity index (χ0v) is 13.3. The summed E-state index contributed by atoms with van der Waals surface area (Å²) in [7, 11) is 1.61. The number of carbonyl (C=O) groups excluding carboxylic acids is 1. The normalized spacial score (nSPS) is 10.8. The summed E-state index contributed by atoms with van der Waals surface area (Å²) in [5, 5.41) is 4.24. The first kappa shape index (κ1) is 14.8. The number of ether oxygens (including phenoxy) is 1. The summed E-state index contributed by atoms with van der Waals surface area (Å²) < 4.78 is 7.75. The van der Waals surface area contributed by atoms with E-state index in [9.17, 15) is 4.79 Å². The van der Waals surface area contributed by atoms with Crippen LogP contribution >= 0.6 is 15.9 Å². The molecule has 2 aromatic rings. The standard InChI is InChI=1S/C15H17BrN2O2/c1-10(2)18-15(12(16)9-17-18)13(19)8-11-6-4-5-7-14(11)20-3/h4-7,9-10H,8H2,1-3H3. The molecule has 1 heterocycles. The van der Waals surface area contributed by atoms with Crippen LogP contribution in [0.4, 0.5) is 0 Å². The molecule has 0 radical (unpaired) electrons. The molecule has 1 aromatic carbocycles. The summed E-state index contributed by atoms with van der Waals surface area (Å²) in [4.78, 5) is 12.5. The van der Waals surface area contributed by atoms with E-state index in [2.05, 4.69) is 21.0 Å². The number of aromatic nitrogens is 2. The Labute approximate surface area is 126 Å². The van der Waals surface area contributed by atoms with Crippen LogP contribution in [-0.4, -0.2) is 22.7 Å². The number of ketones is 1. The second-order valence-electron chi connectivity index (χ2n) is 4.79. The van der Waals surface area contributed by atoms with Gasteiger partial charge in [-0.1, -0.05) is 18.2 Å². The van der Waals surface area contributed by atoms with Crippen LogP contribution in [0.5, 0.6) is 5.75 Å². The maximum absolute atomic E-state index is 12.5. The highest BCUT2D eigenvalue weighted by atomic mass is 79.9. The van der Waals surface area contributed by atoms with Crippen molar-refractivity contribution < 1.29 is 9.53 Å². The molecule has 0 aliphatic rings. The van der Waals surface area contributed by atoms with Crippen LogP contribution in [0.2, 0.25) is 0 Å². The van der Waals surface area contributed by atoms with E-state index >= 15 is 0 Å². The largest absolute Gasteiger partial charge is 0.496 e. The quantitative estimate of drug-likeness (QED) is 0.782. The molecule has 0 N–H and O–H groups in total. The molecule has 0 atom stereocenters. The van der Waals surface area contributed by atoms with E-state index in [0.717, 1.165) is 15.8 Å². The van der Waals surface area contributed by atoms with Gasteiger partial charge in [-0.15, -0.1) is 0 Å². The van der Waals surface area contributed by atoms with Crippen LogP contribution in [0.15, 0.2) is 34.9 Å². The SMILES string of the molecule is COc1ccccc1CC(=O)c1c(Br)cnn1C(C)C. The molecular weight excluding hydrogens is 320 g/mol. The maximum atomic E-state index is 12.5. The van der Waals surface area contributed by atoms with Gasteiger partial charge in [0.05, 0.1) is 17.8 Å². The highest BCUT2D eigenvalue weighted by Crippen LogP contribution is 2.24. The van der Waals surface area contributed by atoms with Crippen LogP contribution in [0, 0.1) is 0 Å². The predicted octanol–water partition coefficient (Wildman–Crippen LogP) is 3.66. The first-order valence-corrected chi connectivity index (χ1v) is 7.22. The monoisotopic (exact) mass is 336 g/mol. The molecule has 1 aromatic heterocycles. The fourth-order valence-corrected chi connectivity index (χ4v) is 2.59. The number of carbonyl (C=O) groups is 1. The Morgan fingerprint density at radius 2 is 2.10 bits per heavy atom. The third kappa shape index (κ3) is 2.93. The van der Waals surface area contributed by atoms with Gasteiger partial charge in [-0.25, -0.2) is 0 Å². The molecule has 0 aliphatic heterocycles. The van der Waals surface area contributed by atoms with Gasteiger partial charge >= 0.3 is 0 Å². The van der Waals surface area contributed by atoms with Crippen molar-refractivity contribution in [3.05, 3.63) is 46.2 Å². The summed E-state index contributed by atoms with van der Waals surface area (Å²) in [6, 6.07) is 7.69. The molecule has 0 saturated heterocycles. The molecule has 2 rings (SSSR count). The Morgan fingerprint density at radius 1 is 1.40 bits per heavy atom. The van der Waals surface area contributed by atoms with Crippen LogP contribution < -0.4 is 4.74 Å². The average molecular weight is 337 g/mol. The minimum Gasteiger partial charge on any atom is -0.496 e. The minimum atomic E-state index is 0.0209. The number of methoxy groups -OCH3 is 1. The van der Waals surface area contributed by atoms with Crippen LogP contribution in [0.1, 0.15) is 35.9 Å². The van der Waals surface area contributed by atoms with Crippen molar-refractivity contribution in [2.24, 2.45) is 0 Å². The van der Waals surface area contributed by atoms with Crippen molar-refractivity contribution in [2.45, 2.75) is 26.3 Å². The van der Waals surface area contributed by atoms with Gasteiger partial charge in [0.25, 0.3) is 0 Å². The Morgan fingerprint density at radius 3 is 2.75 bits per heavy atom. The molecule has 0 unspecified atom stereocenters. The molecule has 5 heteroatoms. The van der Waals surface area contributed by atoms with Gasteiger partial charge in [0.1, 0.15) is 11.4 Å². The van der Waals surface area contributed by atoms with Crippen molar-refractivity contribution >= 4 is 21.7 Å². The number of hydrogen-bond acceptors (Lipinski definition) is 3. The fourth-order valence-electron chi connectivity index (χ4n) is 2.10. The molecule has 20 heavy (non-hydrogen) atoms. The number of Topliss-reactive ketones (excluding diaryl/α,β-unsaturated/α-hetero) is 1. The van der Waals surface area contributed by atoms with E-state index in [1.807, 2.05) is 38.1 Å². The maximum Gasteiger partial charge on any atom is 0.186 e. The molecule has 0 spiro atoms. The third-order valence-corrected chi connectivity index (χ3v) is 3.63. The summed E-state index contributed by atoms with van der Waals surface area (Å²) in [6.07, 6.45) is 1.95. The lowest BCUT2D eigenvalue weighted by Gasteiger charge is -2.12. The fraction of sp³-hybridized carbons (Fsp3) is 0.333. The summed E-state index contributed by atoms with van der Waals surface area (Å²) in [5.41, 5.74) is 1.48.